The molecule has 0 bridgehead atoms. The molecule has 1 heterocycles. The third-order valence-electron chi connectivity index (χ3n) is 10.4. The SMILES string of the molecule is CCOC(=O)CCCC(NC(=O)C(CC1CCCCC1)NC(=O)OCC1c2ccccc2-c2ccccc21)C(=O)Nc1ccc2c(C)cc(=O)[nH]c2c1. The van der Waals surface area contributed by atoms with Crippen molar-refractivity contribution in [2.75, 3.05) is 18.5 Å². The van der Waals surface area contributed by atoms with Crippen LogP contribution in [0.1, 0.15) is 87.3 Å². The quantitative estimate of drug-likeness (QED) is 0.104. The molecule has 1 fully saturated rings. The van der Waals surface area contributed by atoms with Gasteiger partial charge >= 0.3 is 12.1 Å². The highest BCUT2D eigenvalue weighted by Gasteiger charge is 2.32. The van der Waals surface area contributed by atoms with Crippen LogP contribution in [0.5, 0.6) is 0 Å². The van der Waals surface area contributed by atoms with E-state index in [0.29, 0.717) is 17.6 Å². The Morgan fingerprint density at radius 2 is 1.53 bits per heavy atom. The van der Waals surface area contributed by atoms with Gasteiger partial charge in [-0.05, 0) is 79.0 Å². The Morgan fingerprint density at radius 1 is 0.830 bits per heavy atom. The van der Waals surface area contributed by atoms with Crippen LogP contribution in [-0.4, -0.2) is 54.2 Å². The van der Waals surface area contributed by atoms with Gasteiger partial charge in [-0.15, -0.1) is 0 Å². The highest BCUT2D eigenvalue weighted by molar-refractivity contribution is 5.99. The van der Waals surface area contributed by atoms with E-state index in [9.17, 15) is 24.0 Å². The Kier molecular flexibility index (Phi) is 12.2. The van der Waals surface area contributed by atoms with E-state index in [4.69, 9.17) is 9.47 Å². The molecule has 1 aromatic heterocycles. The Balaban J connectivity index is 1.17. The number of amides is 3. The van der Waals surface area contributed by atoms with Crippen LogP contribution in [0.15, 0.2) is 77.6 Å². The van der Waals surface area contributed by atoms with Crippen LogP contribution in [0.25, 0.3) is 22.0 Å². The standard InChI is InChI=1S/C42H48N4O7/c1-3-52-39(48)19-11-18-35(40(49)43-28-20-21-29-26(2)22-38(47)44-36(29)24-28)45-41(50)37(23-27-12-5-4-6-13-27)46-42(51)53-25-34-32-16-9-7-14-30(32)31-15-8-10-17-33(31)34/h7-10,14-17,20-22,24,27,34-35,37H,3-6,11-13,18-19,23,25H2,1-2H3,(H,43,49)(H,44,47)(H,45,50)(H,46,51). The summed E-state index contributed by atoms with van der Waals surface area (Å²) in [5, 5.41) is 9.43. The summed E-state index contributed by atoms with van der Waals surface area (Å²) >= 11 is 0. The molecular formula is C42H48N4O7. The second-order valence-corrected chi connectivity index (χ2v) is 14.1. The number of aromatic nitrogens is 1. The number of alkyl carbamates (subject to hydrolysis) is 1. The van der Waals surface area contributed by atoms with Crippen molar-refractivity contribution >= 4 is 40.5 Å². The zero-order chi connectivity index (χ0) is 37.3. The molecular weight excluding hydrogens is 672 g/mol. The summed E-state index contributed by atoms with van der Waals surface area (Å²) in [4.78, 5) is 68.3. The van der Waals surface area contributed by atoms with Crippen molar-refractivity contribution < 1.29 is 28.7 Å². The molecule has 3 aromatic carbocycles. The fraction of sp³-hybridized carbons (Fsp3) is 0.405. The number of aromatic amines is 1. The first-order chi connectivity index (χ1) is 25.7. The predicted octanol–water partition coefficient (Wildman–Crippen LogP) is 6.87. The molecule has 0 saturated heterocycles. The first kappa shape index (κ1) is 37.3. The molecule has 0 radical (unpaired) electrons. The fourth-order valence-electron chi connectivity index (χ4n) is 7.74. The first-order valence-corrected chi connectivity index (χ1v) is 18.7. The van der Waals surface area contributed by atoms with E-state index in [0.717, 1.165) is 65.3 Å². The molecule has 53 heavy (non-hydrogen) atoms. The lowest BCUT2D eigenvalue weighted by atomic mass is 9.84. The van der Waals surface area contributed by atoms with Crippen molar-refractivity contribution in [2.24, 2.45) is 5.92 Å². The summed E-state index contributed by atoms with van der Waals surface area (Å²) in [5.41, 5.74) is 5.95. The molecule has 3 amide bonds. The Hall–Kier alpha value is -5.45. The van der Waals surface area contributed by atoms with E-state index in [1.54, 1.807) is 19.1 Å². The number of hydrogen-bond donors (Lipinski definition) is 4. The van der Waals surface area contributed by atoms with Gasteiger partial charge in [-0.2, -0.15) is 0 Å². The van der Waals surface area contributed by atoms with Crippen LogP contribution in [-0.2, 0) is 23.9 Å². The number of fused-ring (bicyclic) bond motifs is 4. The maximum Gasteiger partial charge on any atom is 0.407 e. The summed E-state index contributed by atoms with van der Waals surface area (Å²) in [5.74, 6) is -1.29. The highest BCUT2D eigenvalue weighted by Crippen LogP contribution is 2.44. The van der Waals surface area contributed by atoms with Crippen LogP contribution in [0, 0.1) is 12.8 Å². The van der Waals surface area contributed by atoms with E-state index in [1.165, 1.54) is 6.07 Å². The van der Waals surface area contributed by atoms with Crippen LogP contribution in [0.4, 0.5) is 10.5 Å². The number of carbonyl (C=O) groups is 4. The molecule has 2 aliphatic carbocycles. The number of anilines is 1. The Labute approximate surface area is 309 Å². The number of esters is 1. The monoisotopic (exact) mass is 720 g/mol. The summed E-state index contributed by atoms with van der Waals surface area (Å²) in [7, 11) is 0. The average molecular weight is 721 g/mol. The molecule has 2 unspecified atom stereocenters. The molecule has 4 aromatic rings. The van der Waals surface area contributed by atoms with E-state index in [1.807, 2.05) is 49.4 Å². The molecule has 11 heteroatoms. The van der Waals surface area contributed by atoms with Crippen molar-refractivity contribution in [3.8, 4) is 11.1 Å². The predicted molar refractivity (Wildman–Crippen MR) is 204 cm³/mol. The first-order valence-electron chi connectivity index (χ1n) is 18.7. The van der Waals surface area contributed by atoms with Crippen molar-refractivity contribution in [3.63, 3.8) is 0 Å². The number of pyridine rings is 1. The molecule has 1 saturated carbocycles. The second kappa shape index (κ2) is 17.4. The minimum Gasteiger partial charge on any atom is -0.466 e. The number of ether oxygens (including phenoxy) is 2. The van der Waals surface area contributed by atoms with Crippen molar-refractivity contribution in [1.82, 2.24) is 15.6 Å². The molecule has 0 aliphatic heterocycles. The number of H-pyrrole nitrogens is 1. The maximum absolute atomic E-state index is 14.1. The van der Waals surface area contributed by atoms with Gasteiger partial charge < -0.3 is 30.4 Å². The van der Waals surface area contributed by atoms with Crippen molar-refractivity contribution in [2.45, 2.75) is 89.6 Å². The molecule has 2 aliphatic rings. The molecule has 2 atom stereocenters. The molecule has 4 N–H and O–H groups in total. The van der Waals surface area contributed by atoms with Crippen LogP contribution in [0.2, 0.25) is 0 Å². The summed E-state index contributed by atoms with van der Waals surface area (Å²) in [6.07, 6.45) is 5.36. The van der Waals surface area contributed by atoms with Crippen molar-refractivity contribution in [3.05, 3.63) is 99.8 Å². The molecule has 278 valence electrons. The number of aryl methyl sites for hydroxylation is 1. The topological polar surface area (TPSA) is 156 Å². The van der Waals surface area contributed by atoms with Gasteiger partial charge in [-0.1, -0.05) is 86.7 Å². The molecule has 0 spiro atoms. The molecule has 6 rings (SSSR count). The number of rotatable bonds is 14. The zero-order valence-electron chi connectivity index (χ0n) is 30.4. The third-order valence-corrected chi connectivity index (χ3v) is 10.4. The van der Waals surface area contributed by atoms with E-state index >= 15 is 0 Å². The van der Waals surface area contributed by atoms with Gasteiger partial charge in [-0.3, -0.25) is 19.2 Å². The molecule has 11 nitrogen and oxygen atoms in total. The van der Waals surface area contributed by atoms with Gasteiger partial charge in [0.1, 0.15) is 18.7 Å². The lowest BCUT2D eigenvalue weighted by Gasteiger charge is -2.28. The zero-order valence-corrected chi connectivity index (χ0v) is 30.4. The van der Waals surface area contributed by atoms with Gasteiger partial charge in [0, 0.05) is 29.5 Å². The minimum absolute atomic E-state index is 0.0769. The minimum atomic E-state index is -1.03. The Bertz CT molecular complexity index is 1970. The Morgan fingerprint density at radius 3 is 2.23 bits per heavy atom. The largest absolute Gasteiger partial charge is 0.466 e. The smallest absolute Gasteiger partial charge is 0.407 e. The van der Waals surface area contributed by atoms with Gasteiger partial charge in [-0.25, -0.2) is 4.79 Å². The van der Waals surface area contributed by atoms with Gasteiger partial charge in [0.2, 0.25) is 17.4 Å². The lowest BCUT2D eigenvalue weighted by molar-refractivity contribution is -0.143. The third kappa shape index (κ3) is 9.32. The normalized spacial score (nSPS) is 15.1. The van der Waals surface area contributed by atoms with E-state index in [2.05, 4.69) is 33.1 Å². The lowest BCUT2D eigenvalue weighted by Crippen LogP contribution is -2.53. The van der Waals surface area contributed by atoms with E-state index in [-0.39, 0.29) is 55.8 Å². The van der Waals surface area contributed by atoms with Crippen LogP contribution < -0.4 is 21.5 Å². The highest BCUT2D eigenvalue weighted by atomic mass is 16.5. The number of nitrogens with one attached hydrogen (secondary N) is 4. The summed E-state index contributed by atoms with van der Waals surface area (Å²) in [6.45, 7) is 3.91. The van der Waals surface area contributed by atoms with Gasteiger partial charge in [0.05, 0.1) is 12.1 Å². The number of hydrogen-bond acceptors (Lipinski definition) is 7. The number of carbonyl (C=O) groups excluding carboxylic acids is 4. The summed E-state index contributed by atoms with van der Waals surface area (Å²) in [6, 6.07) is 20.9. The number of benzene rings is 3. The fourth-order valence-corrected chi connectivity index (χ4v) is 7.74. The maximum atomic E-state index is 14.1. The second-order valence-electron chi connectivity index (χ2n) is 14.1. The summed E-state index contributed by atoms with van der Waals surface area (Å²) < 4.78 is 10.9. The van der Waals surface area contributed by atoms with Gasteiger partial charge in [0.25, 0.3) is 0 Å². The van der Waals surface area contributed by atoms with Crippen molar-refractivity contribution in [1.29, 1.82) is 0 Å². The van der Waals surface area contributed by atoms with Crippen LogP contribution in [0.3, 0.4) is 0 Å². The van der Waals surface area contributed by atoms with Gasteiger partial charge in [0.15, 0.2) is 0 Å². The average Bonchev–Trinajstić information content (AvgIpc) is 3.47. The van der Waals surface area contributed by atoms with Crippen LogP contribution >= 0.6 is 0 Å². The van der Waals surface area contributed by atoms with E-state index < -0.39 is 30.0 Å².